The van der Waals surface area contributed by atoms with Gasteiger partial charge in [-0.05, 0) is 15.9 Å². The van der Waals surface area contributed by atoms with E-state index in [1.165, 1.54) is 0 Å². The summed E-state index contributed by atoms with van der Waals surface area (Å²) in [5, 5.41) is 3.23. The van der Waals surface area contributed by atoms with Gasteiger partial charge in [-0.15, -0.1) is 0 Å². The predicted octanol–water partition coefficient (Wildman–Crippen LogP) is 0.540. The number of nitrogens with one attached hydrogen (secondary N) is 1. The van der Waals surface area contributed by atoms with Crippen molar-refractivity contribution in [3.63, 3.8) is 0 Å². The normalized spacial score (nSPS) is 11.1. The van der Waals surface area contributed by atoms with E-state index in [0.29, 0.717) is 6.54 Å². The average molecular weight is 270 g/mol. The Hall–Kier alpha value is -0.980. The van der Waals surface area contributed by atoms with Gasteiger partial charge < -0.3 is 11.1 Å². The Morgan fingerprint density at radius 1 is 1.40 bits per heavy atom. The summed E-state index contributed by atoms with van der Waals surface area (Å²) >= 11 is 3.33. The van der Waals surface area contributed by atoms with Crippen LogP contribution < -0.4 is 11.1 Å². The van der Waals surface area contributed by atoms with Crippen molar-refractivity contribution in [2.45, 2.75) is 6.54 Å². The highest BCUT2D eigenvalue weighted by atomic mass is 79.9. The minimum Gasteiger partial charge on any atom is -0.329 e. The fourth-order valence-corrected chi connectivity index (χ4v) is 1.67. The van der Waals surface area contributed by atoms with E-state index >= 15 is 0 Å². The summed E-state index contributed by atoms with van der Waals surface area (Å²) < 4.78 is 2.80. The Morgan fingerprint density at radius 3 is 3.07 bits per heavy atom. The smallest absolute Gasteiger partial charge is 0.155 e. The van der Waals surface area contributed by atoms with Crippen LogP contribution in [-0.2, 0) is 6.54 Å². The first-order valence-electron chi connectivity index (χ1n) is 4.69. The van der Waals surface area contributed by atoms with E-state index in [4.69, 9.17) is 5.73 Å². The van der Waals surface area contributed by atoms with Crippen molar-refractivity contribution in [3.05, 3.63) is 28.9 Å². The number of hydrogen-bond donors (Lipinski definition) is 2. The van der Waals surface area contributed by atoms with Crippen LogP contribution in [0.3, 0.4) is 0 Å². The number of fused-ring (bicyclic) bond motifs is 1. The highest BCUT2D eigenvalue weighted by molar-refractivity contribution is 9.10. The molecule has 0 aliphatic carbocycles. The van der Waals surface area contributed by atoms with E-state index < -0.39 is 0 Å². The first kappa shape index (κ1) is 10.5. The van der Waals surface area contributed by atoms with Gasteiger partial charge in [-0.1, -0.05) is 0 Å². The lowest BCUT2D eigenvalue weighted by atomic mass is 10.4. The lowest BCUT2D eigenvalue weighted by Crippen LogP contribution is -2.22. The van der Waals surface area contributed by atoms with Gasteiger partial charge in [0.05, 0.1) is 18.1 Å². The predicted molar refractivity (Wildman–Crippen MR) is 61.4 cm³/mol. The Morgan fingerprint density at radius 2 is 2.27 bits per heavy atom. The van der Waals surface area contributed by atoms with Crippen LogP contribution in [0.25, 0.3) is 5.65 Å². The zero-order valence-electron chi connectivity index (χ0n) is 8.15. The molecule has 0 saturated heterocycles. The number of halogens is 1. The molecule has 0 amide bonds. The van der Waals surface area contributed by atoms with Crippen molar-refractivity contribution >= 4 is 21.6 Å². The van der Waals surface area contributed by atoms with Crippen LogP contribution in [0.1, 0.15) is 5.69 Å². The standard InChI is InChI=1S/C9H12BrN5/c10-8-6-15-7(3-12-2-1-11)4-14-9(15)5-13-8/h4-6,12H,1-3,11H2. The van der Waals surface area contributed by atoms with E-state index in [1.54, 1.807) is 6.20 Å². The van der Waals surface area contributed by atoms with Crippen LogP contribution in [0.2, 0.25) is 0 Å². The molecule has 80 valence electrons. The molecule has 0 aliphatic heterocycles. The summed E-state index contributed by atoms with van der Waals surface area (Å²) in [6.45, 7) is 2.20. The summed E-state index contributed by atoms with van der Waals surface area (Å²) in [6.07, 6.45) is 5.48. The second-order valence-electron chi connectivity index (χ2n) is 3.15. The van der Waals surface area contributed by atoms with Gasteiger partial charge >= 0.3 is 0 Å². The highest BCUT2D eigenvalue weighted by Gasteiger charge is 2.03. The van der Waals surface area contributed by atoms with E-state index in [-0.39, 0.29) is 0 Å². The first-order chi connectivity index (χ1) is 7.31. The number of nitrogens with zero attached hydrogens (tertiary/aromatic N) is 3. The molecule has 2 heterocycles. The summed E-state index contributed by atoms with van der Waals surface area (Å²) in [5.74, 6) is 0. The summed E-state index contributed by atoms with van der Waals surface area (Å²) in [6, 6.07) is 0. The van der Waals surface area contributed by atoms with Gasteiger partial charge in [-0.2, -0.15) is 0 Å². The maximum Gasteiger partial charge on any atom is 0.155 e. The molecule has 0 aliphatic rings. The Labute approximate surface area is 95.8 Å². The molecule has 2 aromatic rings. The number of imidazole rings is 1. The summed E-state index contributed by atoms with van der Waals surface area (Å²) in [7, 11) is 0. The van der Waals surface area contributed by atoms with Crippen LogP contribution in [0.4, 0.5) is 0 Å². The van der Waals surface area contributed by atoms with E-state index in [1.807, 2.05) is 16.8 Å². The molecule has 0 radical (unpaired) electrons. The molecule has 2 rings (SSSR count). The van der Waals surface area contributed by atoms with Crippen molar-refractivity contribution in [1.29, 1.82) is 0 Å². The van der Waals surface area contributed by atoms with Crippen molar-refractivity contribution in [2.24, 2.45) is 5.73 Å². The molecule has 3 N–H and O–H groups in total. The fourth-order valence-electron chi connectivity index (χ4n) is 1.37. The van der Waals surface area contributed by atoms with Gasteiger partial charge in [-0.25, -0.2) is 9.97 Å². The third-order valence-electron chi connectivity index (χ3n) is 2.07. The van der Waals surface area contributed by atoms with Gasteiger partial charge in [0.15, 0.2) is 5.65 Å². The van der Waals surface area contributed by atoms with Crippen LogP contribution in [0.15, 0.2) is 23.2 Å². The van der Waals surface area contributed by atoms with E-state index in [2.05, 4.69) is 31.2 Å². The number of aromatic nitrogens is 3. The fraction of sp³-hybridized carbons (Fsp3) is 0.333. The molecule has 5 nitrogen and oxygen atoms in total. The van der Waals surface area contributed by atoms with Gasteiger partial charge in [0.25, 0.3) is 0 Å². The molecule has 0 bridgehead atoms. The monoisotopic (exact) mass is 269 g/mol. The number of hydrogen-bond acceptors (Lipinski definition) is 4. The number of nitrogens with two attached hydrogens (primary N) is 1. The van der Waals surface area contributed by atoms with E-state index in [9.17, 15) is 0 Å². The molecule has 15 heavy (non-hydrogen) atoms. The maximum atomic E-state index is 5.40. The Bertz CT molecular complexity index is 453. The van der Waals surface area contributed by atoms with Crippen molar-refractivity contribution in [2.75, 3.05) is 13.1 Å². The maximum absolute atomic E-state index is 5.40. The molecule has 0 unspecified atom stereocenters. The van der Waals surface area contributed by atoms with E-state index in [0.717, 1.165) is 29.0 Å². The molecular formula is C9H12BrN5. The number of rotatable bonds is 4. The largest absolute Gasteiger partial charge is 0.329 e. The second kappa shape index (κ2) is 4.69. The van der Waals surface area contributed by atoms with Gasteiger partial charge in [0.1, 0.15) is 4.60 Å². The molecule has 0 saturated carbocycles. The minimum atomic E-state index is 0.641. The topological polar surface area (TPSA) is 68.2 Å². The van der Waals surface area contributed by atoms with Crippen molar-refractivity contribution in [3.8, 4) is 0 Å². The SMILES string of the molecule is NCCNCc1cnc2cnc(Br)cn12. The highest BCUT2D eigenvalue weighted by Crippen LogP contribution is 2.10. The lowest BCUT2D eigenvalue weighted by molar-refractivity contribution is 0.678. The molecule has 0 fully saturated rings. The van der Waals surface area contributed by atoms with Crippen molar-refractivity contribution in [1.82, 2.24) is 19.7 Å². The molecule has 0 atom stereocenters. The Kier molecular flexibility index (Phi) is 3.30. The van der Waals surface area contributed by atoms with Crippen LogP contribution >= 0.6 is 15.9 Å². The second-order valence-corrected chi connectivity index (χ2v) is 3.97. The van der Waals surface area contributed by atoms with Crippen LogP contribution in [0.5, 0.6) is 0 Å². The summed E-state index contributed by atoms with van der Waals surface area (Å²) in [5.41, 5.74) is 7.35. The van der Waals surface area contributed by atoms with Gasteiger partial charge in [0.2, 0.25) is 0 Å². The average Bonchev–Trinajstić information content (AvgIpc) is 2.62. The third-order valence-corrected chi connectivity index (χ3v) is 2.48. The molecule has 2 aromatic heterocycles. The zero-order valence-corrected chi connectivity index (χ0v) is 9.74. The van der Waals surface area contributed by atoms with Crippen LogP contribution in [0, 0.1) is 0 Å². The van der Waals surface area contributed by atoms with Gasteiger partial charge in [0, 0.05) is 25.8 Å². The molecule has 6 heteroatoms. The summed E-state index contributed by atoms with van der Waals surface area (Å²) in [4.78, 5) is 8.36. The van der Waals surface area contributed by atoms with Gasteiger partial charge in [-0.3, -0.25) is 4.40 Å². The quantitative estimate of drug-likeness (QED) is 0.796. The molecule has 0 aromatic carbocycles. The third kappa shape index (κ3) is 2.34. The van der Waals surface area contributed by atoms with Crippen LogP contribution in [-0.4, -0.2) is 27.5 Å². The minimum absolute atomic E-state index is 0.641. The molecular weight excluding hydrogens is 258 g/mol. The first-order valence-corrected chi connectivity index (χ1v) is 5.49. The zero-order chi connectivity index (χ0) is 10.7. The van der Waals surface area contributed by atoms with Crippen molar-refractivity contribution < 1.29 is 0 Å². The Balaban J connectivity index is 2.23. The molecule has 0 spiro atoms. The lowest BCUT2D eigenvalue weighted by Gasteiger charge is -2.03.